The Balaban J connectivity index is 1.63. The van der Waals surface area contributed by atoms with Crippen molar-refractivity contribution in [1.29, 1.82) is 0 Å². The molecule has 0 atom stereocenters. The van der Waals surface area contributed by atoms with E-state index in [0.717, 1.165) is 28.8 Å². The van der Waals surface area contributed by atoms with E-state index in [0.29, 0.717) is 16.3 Å². The number of sulfonamides is 1. The van der Waals surface area contributed by atoms with Crippen LogP contribution in [0.4, 0.5) is 11.4 Å². The van der Waals surface area contributed by atoms with Gasteiger partial charge in [-0.3, -0.25) is 9.10 Å². The van der Waals surface area contributed by atoms with Gasteiger partial charge in [0.05, 0.1) is 17.1 Å². The SMILES string of the molecule is CCc1ccccc1NC(=O)c1ccc(CN(c2cc(Cl)ccc2C)S(=O)(=O)c2ccccc2)cc1. The van der Waals surface area contributed by atoms with Crippen molar-refractivity contribution in [3.8, 4) is 0 Å². The number of nitrogens with one attached hydrogen (secondary N) is 1. The van der Waals surface area contributed by atoms with E-state index in [1.54, 1.807) is 72.8 Å². The third-order valence-electron chi connectivity index (χ3n) is 5.96. The molecule has 0 heterocycles. The molecular weight excluding hydrogens is 492 g/mol. The summed E-state index contributed by atoms with van der Waals surface area (Å²) in [6, 6.07) is 28.1. The number of carbonyl (C=O) groups excluding carboxylic acids is 1. The summed E-state index contributed by atoms with van der Waals surface area (Å²) in [7, 11) is -3.87. The zero-order valence-corrected chi connectivity index (χ0v) is 21.7. The second-order valence-electron chi connectivity index (χ2n) is 8.42. The highest BCUT2D eigenvalue weighted by Crippen LogP contribution is 2.31. The Bertz CT molecular complexity index is 1470. The maximum absolute atomic E-state index is 13.7. The van der Waals surface area contributed by atoms with Gasteiger partial charge in [0.2, 0.25) is 0 Å². The number of carbonyl (C=O) groups is 1. The highest BCUT2D eigenvalue weighted by molar-refractivity contribution is 7.92. The molecule has 7 heteroatoms. The summed E-state index contributed by atoms with van der Waals surface area (Å²) in [5.41, 5.74) is 4.35. The Morgan fingerprint density at radius 2 is 1.56 bits per heavy atom. The Morgan fingerprint density at radius 1 is 0.889 bits per heavy atom. The molecule has 0 aliphatic heterocycles. The quantitative estimate of drug-likeness (QED) is 0.277. The predicted molar refractivity (Wildman–Crippen MR) is 146 cm³/mol. The van der Waals surface area contributed by atoms with E-state index in [4.69, 9.17) is 11.6 Å². The van der Waals surface area contributed by atoms with Gasteiger partial charge in [0, 0.05) is 16.3 Å². The van der Waals surface area contributed by atoms with Gasteiger partial charge in [-0.2, -0.15) is 0 Å². The zero-order chi connectivity index (χ0) is 25.7. The first-order chi connectivity index (χ1) is 17.3. The van der Waals surface area contributed by atoms with Crippen LogP contribution in [0.25, 0.3) is 0 Å². The van der Waals surface area contributed by atoms with Crippen molar-refractivity contribution < 1.29 is 13.2 Å². The molecule has 0 unspecified atom stereocenters. The van der Waals surface area contributed by atoms with E-state index < -0.39 is 10.0 Å². The van der Waals surface area contributed by atoms with Crippen LogP contribution in [0.2, 0.25) is 5.02 Å². The maximum Gasteiger partial charge on any atom is 0.264 e. The average molecular weight is 519 g/mol. The van der Waals surface area contributed by atoms with E-state index in [1.807, 2.05) is 38.1 Å². The molecule has 4 aromatic rings. The first-order valence-electron chi connectivity index (χ1n) is 11.6. The molecule has 36 heavy (non-hydrogen) atoms. The fourth-order valence-electron chi connectivity index (χ4n) is 3.94. The number of anilines is 2. The molecule has 1 N–H and O–H groups in total. The lowest BCUT2D eigenvalue weighted by molar-refractivity contribution is 0.102. The highest BCUT2D eigenvalue weighted by Gasteiger charge is 2.26. The average Bonchev–Trinajstić information content (AvgIpc) is 2.90. The molecule has 0 saturated carbocycles. The van der Waals surface area contributed by atoms with Crippen LogP contribution in [0.5, 0.6) is 0 Å². The summed E-state index contributed by atoms with van der Waals surface area (Å²) in [5.74, 6) is -0.220. The van der Waals surface area contributed by atoms with Crippen molar-refractivity contribution >= 4 is 38.9 Å². The zero-order valence-electron chi connectivity index (χ0n) is 20.1. The number of benzene rings is 4. The fraction of sp³-hybridized carbons (Fsp3) is 0.138. The summed E-state index contributed by atoms with van der Waals surface area (Å²) in [6.07, 6.45) is 0.810. The molecule has 0 spiro atoms. The topological polar surface area (TPSA) is 66.5 Å². The minimum atomic E-state index is -3.87. The van der Waals surface area contributed by atoms with Crippen molar-refractivity contribution in [2.45, 2.75) is 31.7 Å². The van der Waals surface area contributed by atoms with Gasteiger partial charge in [0.15, 0.2) is 0 Å². The minimum absolute atomic E-state index is 0.0823. The molecule has 0 saturated heterocycles. The smallest absolute Gasteiger partial charge is 0.264 e. The monoisotopic (exact) mass is 518 g/mol. The highest BCUT2D eigenvalue weighted by atomic mass is 35.5. The van der Waals surface area contributed by atoms with Crippen molar-refractivity contribution in [3.63, 3.8) is 0 Å². The number of aryl methyl sites for hydroxylation is 2. The maximum atomic E-state index is 13.7. The van der Waals surface area contributed by atoms with Gasteiger partial charge >= 0.3 is 0 Å². The van der Waals surface area contributed by atoms with Gasteiger partial charge in [0.1, 0.15) is 0 Å². The Kier molecular flexibility index (Phi) is 7.77. The van der Waals surface area contributed by atoms with Crippen LogP contribution >= 0.6 is 11.6 Å². The van der Waals surface area contributed by atoms with Gasteiger partial charge in [-0.15, -0.1) is 0 Å². The van der Waals surface area contributed by atoms with Gasteiger partial charge < -0.3 is 5.32 Å². The first kappa shape index (κ1) is 25.5. The molecule has 0 fully saturated rings. The van der Waals surface area contributed by atoms with Crippen LogP contribution in [0.15, 0.2) is 102 Å². The largest absolute Gasteiger partial charge is 0.322 e. The molecule has 0 radical (unpaired) electrons. The van der Waals surface area contributed by atoms with Crippen molar-refractivity contribution in [2.24, 2.45) is 0 Å². The molecule has 0 aliphatic rings. The number of halogens is 1. The number of rotatable bonds is 8. The fourth-order valence-corrected chi connectivity index (χ4v) is 5.64. The minimum Gasteiger partial charge on any atom is -0.322 e. The number of amides is 1. The van der Waals surface area contributed by atoms with E-state index in [9.17, 15) is 13.2 Å². The lowest BCUT2D eigenvalue weighted by Crippen LogP contribution is -2.31. The van der Waals surface area contributed by atoms with Gasteiger partial charge in [-0.25, -0.2) is 8.42 Å². The molecule has 4 rings (SSSR count). The van der Waals surface area contributed by atoms with Crippen LogP contribution in [-0.4, -0.2) is 14.3 Å². The standard InChI is InChI=1S/C29H27ClN2O3S/c1-3-23-9-7-8-12-27(23)31-29(33)24-16-14-22(15-17-24)20-32(28-19-25(30)18-13-21(28)2)36(34,35)26-10-5-4-6-11-26/h4-19H,3,20H2,1-2H3,(H,31,33). The molecule has 0 aliphatic carbocycles. The van der Waals surface area contributed by atoms with Crippen molar-refractivity contribution in [2.75, 3.05) is 9.62 Å². The third-order valence-corrected chi connectivity index (χ3v) is 7.97. The summed E-state index contributed by atoms with van der Waals surface area (Å²) < 4.78 is 28.7. The Labute approximate surface area is 217 Å². The van der Waals surface area contributed by atoms with E-state index in [2.05, 4.69) is 5.32 Å². The number of hydrogen-bond donors (Lipinski definition) is 1. The van der Waals surface area contributed by atoms with E-state index >= 15 is 0 Å². The van der Waals surface area contributed by atoms with Crippen LogP contribution < -0.4 is 9.62 Å². The second-order valence-corrected chi connectivity index (χ2v) is 10.7. The molecule has 1 amide bonds. The summed E-state index contributed by atoms with van der Waals surface area (Å²) in [6.45, 7) is 3.97. The molecule has 4 aromatic carbocycles. The summed E-state index contributed by atoms with van der Waals surface area (Å²) in [4.78, 5) is 13.0. The lowest BCUT2D eigenvalue weighted by atomic mass is 10.1. The van der Waals surface area contributed by atoms with Crippen LogP contribution in [0.1, 0.15) is 34.0 Å². The summed E-state index contributed by atoms with van der Waals surface area (Å²) in [5, 5.41) is 3.41. The number of hydrogen-bond acceptors (Lipinski definition) is 3. The molecule has 5 nitrogen and oxygen atoms in total. The molecule has 184 valence electrons. The second kappa shape index (κ2) is 11.0. The van der Waals surface area contributed by atoms with Crippen molar-refractivity contribution in [1.82, 2.24) is 0 Å². The predicted octanol–water partition coefficient (Wildman–Crippen LogP) is 6.86. The van der Waals surface area contributed by atoms with Gasteiger partial charge in [0.25, 0.3) is 15.9 Å². The lowest BCUT2D eigenvalue weighted by Gasteiger charge is -2.26. The van der Waals surface area contributed by atoms with Crippen LogP contribution in [0, 0.1) is 6.92 Å². The third kappa shape index (κ3) is 5.61. The molecule has 0 aromatic heterocycles. The van der Waals surface area contributed by atoms with Gasteiger partial charge in [-0.1, -0.05) is 73.1 Å². The van der Waals surface area contributed by atoms with Crippen LogP contribution in [0.3, 0.4) is 0 Å². The van der Waals surface area contributed by atoms with Crippen LogP contribution in [-0.2, 0) is 23.0 Å². The Morgan fingerprint density at radius 3 is 2.25 bits per heavy atom. The molecule has 0 bridgehead atoms. The van der Waals surface area contributed by atoms with E-state index in [-0.39, 0.29) is 17.3 Å². The Hall–Kier alpha value is -3.61. The normalized spacial score (nSPS) is 11.2. The molecular formula is C29H27ClN2O3S. The van der Waals surface area contributed by atoms with Crippen molar-refractivity contribution in [3.05, 3.63) is 124 Å². The summed E-state index contributed by atoms with van der Waals surface area (Å²) >= 11 is 6.24. The number of para-hydroxylation sites is 1. The first-order valence-corrected chi connectivity index (χ1v) is 13.4. The van der Waals surface area contributed by atoms with Gasteiger partial charge in [-0.05, 0) is 72.5 Å². The van der Waals surface area contributed by atoms with E-state index in [1.165, 1.54) is 4.31 Å². The number of nitrogens with zero attached hydrogens (tertiary/aromatic N) is 1.